The van der Waals surface area contributed by atoms with Gasteiger partial charge in [0.1, 0.15) is 5.84 Å². The van der Waals surface area contributed by atoms with Crippen LogP contribution in [0.5, 0.6) is 0 Å². The summed E-state index contributed by atoms with van der Waals surface area (Å²) in [6.45, 7) is 1.81. The zero-order valence-corrected chi connectivity index (χ0v) is 10.8. The molecule has 2 aliphatic rings. The first-order valence-electron chi connectivity index (χ1n) is 5.58. The van der Waals surface area contributed by atoms with E-state index < -0.39 is 0 Å². The van der Waals surface area contributed by atoms with Gasteiger partial charge in [-0.05, 0) is 24.1 Å². The molecule has 17 heavy (non-hydrogen) atoms. The van der Waals surface area contributed by atoms with E-state index >= 15 is 0 Å². The van der Waals surface area contributed by atoms with Crippen LogP contribution >= 0.6 is 23.4 Å². The van der Waals surface area contributed by atoms with Crippen LogP contribution in [0, 0.1) is 5.41 Å². The third-order valence-electron chi connectivity index (χ3n) is 2.95. The molecule has 1 saturated heterocycles. The van der Waals surface area contributed by atoms with E-state index in [1.54, 1.807) is 11.8 Å². The van der Waals surface area contributed by atoms with Crippen LogP contribution in [0.1, 0.15) is 17.2 Å². The Morgan fingerprint density at radius 1 is 1.35 bits per heavy atom. The first kappa shape index (κ1) is 11.1. The van der Waals surface area contributed by atoms with Gasteiger partial charge in [-0.2, -0.15) is 0 Å². The lowest BCUT2D eigenvalue weighted by Gasteiger charge is -2.21. The number of halogens is 1. The molecular weight excluding hydrogens is 254 g/mol. The van der Waals surface area contributed by atoms with Crippen molar-refractivity contribution in [2.75, 3.05) is 13.1 Å². The highest BCUT2D eigenvalue weighted by atomic mass is 35.5. The minimum absolute atomic E-state index is 0.0733. The summed E-state index contributed by atoms with van der Waals surface area (Å²) in [7, 11) is 0. The molecule has 0 spiro atoms. The van der Waals surface area contributed by atoms with Crippen molar-refractivity contribution >= 4 is 34.4 Å². The highest BCUT2D eigenvalue weighted by Crippen LogP contribution is 2.40. The van der Waals surface area contributed by atoms with E-state index in [2.05, 4.69) is 4.99 Å². The average molecular weight is 266 g/mol. The van der Waals surface area contributed by atoms with Crippen LogP contribution in [-0.2, 0) is 0 Å². The van der Waals surface area contributed by atoms with Crippen molar-refractivity contribution < 1.29 is 0 Å². The molecule has 0 saturated carbocycles. The minimum Gasteiger partial charge on any atom is -0.308 e. The molecule has 1 atom stereocenters. The highest BCUT2D eigenvalue weighted by Gasteiger charge is 2.36. The Morgan fingerprint density at radius 2 is 2.12 bits per heavy atom. The number of amidine groups is 2. The van der Waals surface area contributed by atoms with Crippen LogP contribution in [0.2, 0.25) is 5.02 Å². The minimum atomic E-state index is 0.0733. The molecule has 1 aromatic rings. The molecule has 1 aromatic carbocycles. The summed E-state index contributed by atoms with van der Waals surface area (Å²) in [5, 5.41) is 10.0. The van der Waals surface area contributed by atoms with Crippen LogP contribution in [0.4, 0.5) is 0 Å². The summed E-state index contributed by atoms with van der Waals surface area (Å²) in [6, 6.07) is 7.74. The fourth-order valence-electron chi connectivity index (χ4n) is 2.08. The molecule has 0 aliphatic carbocycles. The van der Waals surface area contributed by atoms with Crippen molar-refractivity contribution in [3.8, 4) is 0 Å². The zero-order valence-electron chi connectivity index (χ0n) is 9.19. The molecule has 2 heterocycles. The van der Waals surface area contributed by atoms with Gasteiger partial charge in [-0.15, -0.1) is 0 Å². The monoisotopic (exact) mass is 265 g/mol. The van der Waals surface area contributed by atoms with E-state index in [9.17, 15) is 0 Å². The summed E-state index contributed by atoms with van der Waals surface area (Å²) in [4.78, 5) is 6.50. The molecule has 1 N–H and O–H groups in total. The van der Waals surface area contributed by atoms with E-state index in [0.29, 0.717) is 5.84 Å². The van der Waals surface area contributed by atoms with Gasteiger partial charge < -0.3 is 4.90 Å². The fourth-order valence-corrected chi connectivity index (χ4v) is 3.43. The quantitative estimate of drug-likeness (QED) is 0.847. The molecule has 0 aromatic heterocycles. The van der Waals surface area contributed by atoms with Crippen LogP contribution < -0.4 is 0 Å². The molecule has 88 valence electrons. The number of aliphatic imine (C=N–C) groups is 1. The topological polar surface area (TPSA) is 39.5 Å². The van der Waals surface area contributed by atoms with E-state index in [4.69, 9.17) is 17.0 Å². The number of fused-ring (bicyclic) bond motifs is 1. The molecular formula is C12H12ClN3S. The maximum atomic E-state index is 8.21. The molecule has 5 heteroatoms. The Bertz CT molecular complexity index is 483. The SMILES string of the molecule is N=C1C(c2ccc(Cl)cc2)SC2=NCCCN12. The average Bonchev–Trinajstić information content (AvgIpc) is 2.69. The van der Waals surface area contributed by atoms with Crippen molar-refractivity contribution in [3.63, 3.8) is 0 Å². The van der Waals surface area contributed by atoms with E-state index in [1.807, 2.05) is 29.2 Å². The zero-order chi connectivity index (χ0) is 11.8. The lowest BCUT2D eigenvalue weighted by molar-refractivity contribution is 0.554. The normalized spacial score (nSPS) is 23.6. The van der Waals surface area contributed by atoms with Gasteiger partial charge in [0.2, 0.25) is 0 Å². The van der Waals surface area contributed by atoms with Crippen molar-refractivity contribution in [1.29, 1.82) is 5.41 Å². The number of nitrogens with one attached hydrogen (secondary N) is 1. The number of hydrogen-bond acceptors (Lipinski definition) is 3. The van der Waals surface area contributed by atoms with Crippen molar-refractivity contribution in [1.82, 2.24) is 4.90 Å². The number of hydrogen-bond donors (Lipinski definition) is 1. The Hall–Kier alpha value is -1.00. The maximum absolute atomic E-state index is 8.21. The van der Waals surface area contributed by atoms with Crippen LogP contribution in [0.15, 0.2) is 29.3 Å². The van der Waals surface area contributed by atoms with Crippen molar-refractivity contribution in [3.05, 3.63) is 34.9 Å². The predicted octanol–water partition coefficient (Wildman–Crippen LogP) is 3.17. The van der Waals surface area contributed by atoms with Gasteiger partial charge >= 0.3 is 0 Å². The van der Waals surface area contributed by atoms with E-state index in [1.165, 1.54) is 0 Å². The summed E-state index contributed by atoms with van der Waals surface area (Å²) in [6.07, 6.45) is 1.04. The van der Waals surface area contributed by atoms with Crippen LogP contribution in [0.25, 0.3) is 0 Å². The number of thioether (sulfide) groups is 1. The largest absolute Gasteiger partial charge is 0.308 e. The van der Waals surface area contributed by atoms with Crippen molar-refractivity contribution in [2.45, 2.75) is 11.7 Å². The number of rotatable bonds is 1. The first-order valence-corrected chi connectivity index (χ1v) is 6.84. The fraction of sp³-hybridized carbons (Fsp3) is 0.333. The van der Waals surface area contributed by atoms with Gasteiger partial charge in [-0.1, -0.05) is 35.5 Å². The lowest BCUT2D eigenvalue weighted by atomic mass is 10.1. The third kappa shape index (κ3) is 1.96. The summed E-state index contributed by atoms with van der Waals surface area (Å²) < 4.78 is 0. The Labute approximate surface area is 109 Å². The van der Waals surface area contributed by atoms with Crippen LogP contribution in [-0.4, -0.2) is 29.0 Å². The molecule has 2 aliphatic heterocycles. The van der Waals surface area contributed by atoms with Gasteiger partial charge in [0.05, 0.1) is 5.25 Å². The lowest BCUT2D eigenvalue weighted by Crippen LogP contribution is -2.33. The highest BCUT2D eigenvalue weighted by molar-refractivity contribution is 8.15. The summed E-state index contributed by atoms with van der Waals surface area (Å²) in [5.74, 6) is 0.649. The molecule has 1 fully saturated rings. The van der Waals surface area contributed by atoms with Gasteiger partial charge in [0.15, 0.2) is 5.17 Å². The maximum Gasteiger partial charge on any atom is 0.165 e. The van der Waals surface area contributed by atoms with Gasteiger partial charge in [0.25, 0.3) is 0 Å². The Kier molecular flexibility index (Phi) is 2.84. The Balaban J connectivity index is 1.90. The van der Waals surface area contributed by atoms with Crippen molar-refractivity contribution in [2.24, 2.45) is 4.99 Å². The van der Waals surface area contributed by atoms with Gasteiger partial charge in [-0.3, -0.25) is 10.4 Å². The second-order valence-electron chi connectivity index (χ2n) is 4.10. The smallest absolute Gasteiger partial charge is 0.165 e. The predicted molar refractivity (Wildman–Crippen MR) is 73.1 cm³/mol. The molecule has 1 unspecified atom stereocenters. The van der Waals surface area contributed by atoms with Gasteiger partial charge in [-0.25, -0.2) is 0 Å². The van der Waals surface area contributed by atoms with E-state index in [-0.39, 0.29) is 5.25 Å². The standard InChI is InChI=1S/C12H12ClN3S/c13-9-4-2-8(3-5-9)10-11(14)16-7-1-6-15-12(16)17-10/h2-5,10,14H,1,6-7H2. The third-order valence-corrected chi connectivity index (χ3v) is 4.50. The summed E-state index contributed by atoms with van der Waals surface area (Å²) >= 11 is 7.55. The second-order valence-corrected chi connectivity index (χ2v) is 5.61. The second kappa shape index (κ2) is 4.35. The molecule has 3 nitrogen and oxygen atoms in total. The number of nitrogens with zero attached hydrogens (tertiary/aromatic N) is 2. The number of benzene rings is 1. The summed E-state index contributed by atoms with van der Waals surface area (Å²) in [5.41, 5.74) is 1.13. The molecule has 0 amide bonds. The molecule has 3 rings (SSSR count). The van der Waals surface area contributed by atoms with Gasteiger partial charge in [0, 0.05) is 18.1 Å². The van der Waals surface area contributed by atoms with Crippen LogP contribution in [0.3, 0.4) is 0 Å². The molecule has 0 radical (unpaired) electrons. The Morgan fingerprint density at radius 3 is 2.82 bits per heavy atom. The van der Waals surface area contributed by atoms with E-state index in [0.717, 1.165) is 35.3 Å². The molecule has 0 bridgehead atoms. The first-order chi connectivity index (χ1) is 8.25.